The highest BCUT2D eigenvalue weighted by Gasteiger charge is 2.24. The van der Waals surface area contributed by atoms with E-state index in [4.69, 9.17) is 4.74 Å². The summed E-state index contributed by atoms with van der Waals surface area (Å²) in [4.78, 5) is 2.53. The van der Waals surface area contributed by atoms with Gasteiger partial charge in [0.15, 0.2) is 0 Å². The van der Waals surface area contributed by atoms with Gasteiger partial charge in [0.1, 0.15) is 0 Å². The molecule has 0 bridgehead atoms. The molecule has 2 rings (SSSR count). The zero-order valence-corrected chi connectivity index (χ0v) is 9.42. The molecule has 1 aliphatic carbocycles. The first-order chi connectivity index (χ1) is 6.38. The zero-order chi connectivity index (χ0) is 9.10. The van der Waals surface area contributed by atoms with Crippen LogP contribution in [0.4, 0.5) is 0 Å². The van der Waals surface area contributed by atoms with E-state index in [2.05, 4.69) is 26.9 Å². The summed E-state index contributed by atoms with van der Waals surface area (Å²) in [5.41, 5.74) is 0. The van der Waals surface area contributed by atoms with Crippen molar-refractivity contribution in [2.75, 3.05) is 26.3 Å². The van der Waals surface area contributed by atoms with Crippen LogP contribution in [-0.2, 0) is 4.74 Å². The van der Waals surface area contributed by atoms with E-state index < -0.39 is 0 Å². The molecule has 0 aromatic rings. The molecule has 0 amide bonds. The number of allylic oxidation sites excluding steroid dienone is 1. The highest BCUT2D eigenvalue weighted by atomic mass is 79.9. The molecule has 0 N–H and O–H groups in total. The molecule has 1 unspecified atom stereocenters. The van der Waals surface area contributed by atoms with Gasteiger partial charge < -0.3 is 4.74 Å². The van der Waals surface area contributed by atoms with Crippen LogP contribution in [0.1, 0.15) is 19.3 Å². The predicted molar refractivity (Wildman–Crippen MR) is 57.0 cm³/mol. The average molecular weight is 246 g/mol. The second-order valence-corrected chi connectivity index (χ2v) is 4.60. The van der Waals surface area contributed by atoms with Gasteiger partial charge in [-0.1, -0.05) is 22.0 Å². The van der Waals surface area contributed by atoms with Gasteiger partial charge in [-0.2, -0.15) is 0 Å². The second-order valence-electron chi connectivity index (χ2n) is 3.68. The summed E-state index contributed by atoms with van der Waals surface area (Å²) in [6, 6.07) is 0.637. The maximum absolute atomic E-state index is 5.35. The Bertz CT molecular complexity index is 199. The van der Waals surface area contributed by atoms with Crippen molar-refractivity contribution in [2.45, 2.75) is 25.3 Å². The third-order valence-corrected chi connectivity index (χ3v) is 3.68. The summed E-state index contributed by atoms with van der Waals surface area (Å²) in [5, 5.41) is 0. The fourth-order valence-electron chi connectivity index (χ4n) is 2.07. The molecular formula is C10H16BrNO. The van der Waals surface area contributed by atoms with Gasteiger partial charge in [-0.3, -0.25) is 4.90 Å². The van der Waals surface area contributed by atoms with E-state index in [1.165, 1.54) is 23.7 Å². The summed E-state index contributed by atoms with van der Waals surface area (Å²) >= 11 is 3.67. The largest absolute Gasteiger partial charge is 0.379 e. The number of rotatable bonds is 1. The highest BCUT2D eigenvalue weighted by molar-refractivity contribution is 9.11. The third-order valence-electron chi connectivity index (χ3n) is 2.83. The highest BCUT2D eigenvalue weighted by Crippen LogP contribution is 2.27. The van der Waals surface area contributed by atoms with Crippen molar-refractivity contribution in [3.05, 3.63) is 10.6 Å². The minimum absolute atomic E-state index is 0.637. The molecule has 3 heteroatoms. The molecule has 0 saturated carbocycles. The van der Waals surface area contributed by atoms with E-state index in [0.29, 0.717) is 6.04 Å². The van der Waals surface area contributed by atoms with E-state index in [1.54, 1.807) is 0 Å². The van der Waals surface area contributed by atoms with Crippen LogP contribution in [0.5, 0.6) is 0 Å². The maximum Gasteiger partial charge on any atom is 0.0594 e. The van der Waals surface area contributed by atoms with E-state index in [0.717, 1.165) is 26.3 Å². The molecule has 74 valence electrons. The first-order valence-electron chi connectivity index (χ1n) is 5.05. The molecule has 0 spiro atoms. The van der Waals surface area contributed by atoms with Crippen molar-refractivity contribution in [3.63, 3.8) is 0 Å². The fourth-order valence-corrected chi connectivity index (χ4v) is 2.82. The van der Waals surface area contributed by atoms with Crippen molar-refractivity contribution in [3.8, 4) is 0 Å². The van der Waals surface area contributed by atoms with Crippen LogP contribution in [0, 0.1) is 0 Å². The lowest BCUT2D eigenvalue weighted by Crippen LogP contribution is -2.44. The smallest absolute Gasteiger partial charge is 0.0594 e. The monoisotopic (exact) mass is 245 g/mol. The van der Waals surface area contributed by atoms with Gasteiger partial charge in [-0.25, -0.2) is 0 Å². The van der Waals surface area contributed by atoms with E-state index in [9.17, 15) is 0 Å². The van der Waals surface area contributed by atoms with Crippen molar-refractivity contribution in [2.24, 2.45) is 0 Å². The van der Waals surface area contributed by atoms with Gasteiger partial charge >= 0.3 is 0 Å². The molecule has 1 aliphatic heterocycles. The predicted octanol–water partition coefficient (Wildman–Crippen LogP) is 2.15. The molecule has 0 radical (unpaired) electrons. The number of morpholine rings is 1. The molecule has 1 atom stereocenters. The van der Waals surface area contributed by atoms with Gasteiger partial charge in [-0.15, -0.1) is 0 Å². The Balaban J connectivity index is 1.97. The Labute approximate surface area is 88.1 Å². The van der Waals surface area contributed by atoms with Crippen LogP contribution in [-0.4, -0.2) is 37.2 Å². The van der Waals surface area contributed by atoms with Gasteiger partial charge in [0.25, 0.3) is 0 Å². The summed E-state index contributed by atoms with van der Waals surface area (Å²) in [6.07, 6.45) is 6.19. The van der Waals surface area contributed by atoms with E-state index >= 15 is 0 Å². The zero-order valence-electron chi connectivity index (χ0n) is 7.84. The van der Waals surface area contributed by atoms with Crippen molar-refractivity contribution in [1.29, 1.82) is 0 Å². The van der Waals surface area contributed by atoms with Crippen LogP contribution in [0.25, 0.3) is 0 Å². The van der Waals surface area contributed by atoms with Gasteiger partial charge in [0, 0.05) is 23.6 Å². The molecule has 2 nitrogen and oxygen atoms in total. The average Bonchev–Trinajstić information content (AvgIpc) is 2.20. The van der Waals surface area contributed by atoms with E-state index in [1.807, 2.05) is 0 Å². The fraction of sp³-hybridized carbons (Fsp3) is 0.800. The van der Waals surface area contributed by atoms with Crippen molar-refractivity contribution < 1.29 is 4.74 Å². The summed E-state index contributed by atoms with van der Waals surface area (Å²) in [5.74, 6) is 0. The summed E-state index contributed by atoms with van der Waals surface area (Å²) in [7, 11) is 0. The van der Waals surface area contributed by atoms with Crippen LogP contribution in [0.3, 0.4) is 0 Å². The maximum atomic E-state index is 5.35. The number of nitrogens with zero attached hydrogens (tertiary/aromatic N) is 1. The normalized spacial score (nSPS) is 31.5. The quantitative estimate of drug-likeness (QED) is 0.702. The van der Waals surface area contributed by atoms with Gasteiger partial charge in [-0.05, 0) is 19.3 Å². The van der Waals surface area contributed by atoms with Crippen LogP contribution in [0.15, 0.2) is 10.6 Å². The van der Waals surface area contributed by atoms with Crippen LogP contribution < -0.4 is 0 Å². The SMILES string of the molecule is BrC1=CCCCC1N1CCOCC1. The van der Waals surface area contributed by atoms with Gasteiger partial charge in [0.05, 0.1) is 13.2 Å². The molecule has 0 aromatic carbocycles. The van der Waals surface area contributed by atoms with E-state index in [-0.39, 0.29) is 0 Å². The molecule has 13 heavy (non-hydrogen) atoms. The van der Waals surface area contributed by atoms with Crippen LogP contribution in [0.2, 0.25) is 0 Å². The second kappa shape index (κ2) is 4.58. The minimum Gasteiger partial charge on any atom is -0.379 e. The summed E-state index contributed by atoms with van der Waals surface area (Å²) in [6.45, 7) is 3.98. The topological polar surface area (TPSA) is 12.5 Å². The minimum atomic E-state index is 0.637. The third kappa shape index (κ3) is 2.33. The number of ether oxygens (including phenoxy) is 1. The molecule has 1 heterocycles. The lowest BCUT2D eigenvalue weighted by Gasteiger charge is -2.36. The molecule has 1 saturated heterocycles. The Kier molecular flexibility index (Phi) is 3.41. The molecule has 0 aromatic heterocycles. The molecule has 1 fully saturated rings. The number of halogens is 1. The lowest BCUT2D eigenvalue weighted by molar-refractivity contribution is 0.0226. The van der Waals surface area contributed by atoms with Gasteiger partial charge in [0.2, 0.25) is 0 Å². The van der Waals surface area contributed by atoms with Crippen molar-refractivity contribution in [1.82, 2.24) is 4.90 Å². The standard InChI is InChI=1S/C10H16BrNO/c11-9-3-1-2-4-10(9)12-5-7-13-8-6-12/h3,10H,1-2,4-8H2. The summed E-state index contributed by atoms with van der Waals surface area (Å²) < 4.78 is 6.74. The molecule has 2 aliphatic rings. The first kappa shape index (κ1) is 9.69. The Hall–Kier alpha value is 0.140. The Morgan fingerprint density at radius 2 is 2.15 bits per heavy atom. The Morgan fingerprint density at radius 3 is 2.85 bits per heavy atom. The first-order valence-corrected chi connectivity index (χ1v) is 5.84. The lowest BCUT2D eigenvalue weighted by atomic mass is 10.0. The Morgan fingerprint density at radius 1 is 1.38 bits per heavy atom. The molecular weight excluding hydrogens is 230 g/mol. The van der Waals surface area contributed by atoms with Crippen molar-refractivity contribution >= 4 is 15.9 Å². The number of hydrogen-bond donors (Lipinski definition) is 0. The number of hydrogen-bond acceptors (Lipinski definition) is 2. The van der Waals surface area contributed by atoms with Crippen LogP contribution >= 0.6 is 15.9 Å².